The number of rotatable bonds is 8. The third-order valence-corrected chi connectivity index (χ3v) is 10.9. The SMILES string of the molecule is Cn1cc(CCC(CO[Si](C)(C)C(C)(C)C)n2cnc(C(N)=O)c2)c2ccccc21. The highest BCUT2D eigenvalue weighted by Gasteiger charge is 2.37. The van der Waals surface area contributed by atoms with Gasteiger partial charge in [-0.1, -0.05) is 39.0 Å². The Morgan fingerprint density at radius 2 is 1.93 bits per heavy atom. The zero-order valence-electron chi connectivity index (χ0n) is 19.0. The van der Waals surface area contributed by atoms with Crippen molar-refractivity contribution in [2.24, 2.45) is 12.8 Å². The Bertz CT molecular complexity index is 1030. The molecular weight excluding hydrogens is 392 g/mol. The van der Waals surface area contributed by atoms with Crippen molar-refractivity contribution in [1.29, 1.82) is 0 Å². The molecule has 0 fully saturated rings. The van der Waals surface area contributed by atoms with E-state index in [4.69, 9.17) is 10.2 Å². The lowest BCUT2D eigenvalue weighted by Crippen LogP contribution is -2.42. The summed E-state index contributed by atoms with van der Waals surface area (Å²) in [4.78, 5) is 15.7. The van der Waals surface area contributed by atoms with Crippen LogP contribution in [0.15, 0.2) is 43.0 Å². The van der Waals surface area contributed by atoms with Crippen molar-refractivity contribution in [3.05, 3.63) is 54.2 Å². The summed E-state index contributed by atoms with van der Waals surface area (Å²) in [5.74, 6) is -0.508. The van der Waals surface area contributed by atoms with E-state index in [1.54, 1.807) is 12.5 Å². The fourth-order valence-electron chi connectivity index (χ4n) is 3.45. The number of carbonyl (C=O) groups excluding carboxylic acids is 1. The largest absolute Gasteiger partial charge is 0.415 e. The molecule has 3 aromatic rings. The Kier molecular flexibility index (Phi) is 6.24. The van der Waals surface area contributed by atoms with Gasteiger partial charge in [-0.2, -0.15) is 0 Å². The van der Waals surface area contributed by atoms with Crippen LogP contribution < -0.4 is 5.73 Å². The number of benzene rings is 1. The molecule has 0 bridgehead atoms. The number of primary amides is 1. The van der Waals surface area contributed by atoms with E-state index in [9.17, 15) is 4.79 Å². The van der Waals surface area contributed by atoms with Crippen LogP contribution in [0.1, 0.15) is 49.3 Å². The summed E-state index contributed by atoms with van der Waals surface area (Å²) in [5.41, 5.74) is 8.26. The van der Waals surface area contributed by atoms with Gasteiger partial charge in [0.25, 0.3) is 5.91 Å². The molecular formula is C23H34N4O2Si. The van der Waals surface area contributed by atoms with Gasteiger partial charge in [-0.15, -0.1) is 0 Å². The lowest BCUT2D eigenvalue weighted by molar-refractivity contribution is 0.0995. The molecule has 2 N–H and O–H groups in total. The summed E-state index contributed by atoms with van der Waals surface area (Å²) in [6.07, 6.45) is 7.45. The fourth-order valence-corrected chi connectivity index (χ4v) is 4.49. The second kappa shape index (κ2) is 8.39. The molecule has 0 saturated carbocycles. The number of fused-ring (bicyclic) bond motifs is 1. The molecule has 1 unspecified atom stereocenters. The minimum atomic E-state index is -1.89. The normalized spacial score (nSPS) is 13.7. The van der Waals surface area contributed by atoms with E-state index in [1.165, 1.54) is 16.5 Å². The average Bonchev–Trinajstić information content (AvgIpc) is 3.27. The first kappa shape index (κ1) is 22.3. The molecule has 0 saturated heterocycles. The molecule has 2 heterocycles. The van der Waals surface area contributed by atoms with Gasteiger partial charge in [0.15, 0.2) is 8.32 Å². The van der Waals surface area contributed by atoms with Crippen molar-refractivity contribution in [3.8, 4) is 0 Å². The maximum atomic E-state index is 11.5. The zero-order chi connectivity index (χ0) is 22.1. The van der Waals surface area contributed by atoms with Crippen LogP contribution in [0.2, 0.25) is 18.1 Å². The van der Waals surface area contributed by atoms with Crippen molar-refractivity contribution < 1.29 is 9.22 Å². The zero-order valence-corrected chi connectivity index (χ0v) is 20.0. The standard InChI is InChI=1S/C23H34N4O2Si/c1-23(2,3)30(5,6)29-15-18(27-14-20(22(24)28)25-16-27)12-11-17-13-26(4)21-10-8-7-9-19(17)21/h7-10,13-14,16,18H,11-12,15H2,1-6H3,(H2,24,28). The molecule has 0 aliphatic heterocycles. The summed E-state index contributed by atoms with van der Waals surface area (Å²) in [5, 5.41) is 1.42. The molecule has 0 radical (unpaired) electrons. The van der Waals surface area contributed by atoms with Crippen LogP contribution in [-0.2, 0) is 17.9 Å². The van der Waals surface area contributed by atoms with Gasteiger partial charge < -0.3 is 19.3 Å². The van der Waals surface area contributed by atoms with Crippen molar-refractivity contribution >= 4 is 25.1 Å². The second-order valence-corrected chi connectivity index (χ2v) is 14.4. The van der Waals surface area contributed by atoms with Crippen molar-refractivity contribution in [2.75, 3.05) is 6.61 Å². The third-order valence-electron chi connectivity index (χ3n) is 6.44. The number of aromatic nitrogens is 3. The van der Waals surface area contributed by atoms with Crippen molar-refractivity contribution in [3.63, 3.8) is 0 Å². The molecule has 0 aliphatic carbocycles. The minimum Gasteiger partial charge on any atom is -0.415 e. The summed E-state index contributed by atoms with van der Waals surface area (Å²) < 4.78 is 10.7. The quantitative estimate of drug-likeness (QED) is 0.532. The van der Waals surface area contributed by atoms with Crippen molar-refractivity contribution in [1.82, 2.24) is 14.1 Å². The molecule has 3 rings (SSSR count). The number of nitrogens with two attached hydrogens (primary N) is 1. The van der Waals surface area contributed by atoms with Crippen LogP contribution in [0, 0.1) is 0 Å². The van der Waals surface area contributed by atoms with E-state index in [0.29, 0.717) is 6.61 Å². The summed E-state index contributed by atoms with van der Waals surface area (Å²) in [6, 6.07) is 8.55. The lowest BCUT2D eigenvalue weighted by Gasteiger charge is -2.37. The molecule has 1 amide bonds. The first-order chi connectivity index (χ1) is 14.0. The Morgan fingerprint density at radius 3 is 2.57 bits per heavy atom. The first-order valence-electron chi connectivity index (χ1n) is 10.5. The number of carbonyl (C=O) groups is 1. The van der Waals surface area contributed by atoms with E-state index in [0.717, 1.165) is 12.8 Å². The highest BCUT2D eigenvalue weighted by atomic mass is 28.4. The van der Waals surface area contributed by atoms with Crippen LogP contribution in [-0.4, -0.2) is 34.9 Å². The highest BCUT2D eigenvalue weighted by Crippen LogP contribution is 2.37. The molecule has 6 nitrogen and oxygen atoms in total. The Balaban J connectivity index is 1.82. The van der Waals surface area contributed by atoms with Gasteiger partial charge in [0.2, 0.25) is 0 Å². The lowest BCUT2D eigenvalue weighted by atomic mass is 10.0. The van der Waals surface area contributed by atoms with Crippen molar-refractivity contribution in [2.45, 2.75) is 57.8 Å². The fraction of sp³-hybridized carbons (Fsp3) is 0.478. The molecule has 7 heteroatoms. The van der Waals surface area contributed by atoms with Crippen LogP contribution in [0.4, 0.5) is 0 Å². The number of imidazole rings is 1. The number of hydrogen-bond acceptors (Lipinski definition) is 3. The number of hydrogen-bond donors (Lipinski definition) is 1. The van der Waals surface area contributed by atoms with Crippen LogP contribution in [0.25, 0.3) is 10.9 Å². The molecule has 1 atom stereocenters. The predicted octanol–water partition coefficient (Wildman–Crippen LogP) is 4.67. The van der Waals surface area contributed by atoms with E-state index in [2.05, 4.69) is 80.9 Å². The Hall–Kier alpha value is -2.38. The number of aryl methyl sites for hydroxylation is 2. The van der Waals surface area contributed by atoms with Gasteiger partial charge in [-0.05, 0) is 42.6 Å². The smallest absolute Gasteiger partial charge is 0.268 e. The maximum Gasteiger partial charge on any atom is 0.268 e. The molecule has 2 aromatic heterocycles. The molecule has 1 aromatic carbocycles. The molecule has 162 valence electrons. The van der Waals surface area contributed by atoms with Gasteiger partial charge in [-0.3, -0.25) is 4.79 Å². The Labute approximate surface area is 180 Å². The van der Waals surface area contributed by atoms with Crippen LogP contribution >= 0.6 is 0 Å². The topological polar surface area (TPSA) is 75.1 Å². The summed E-state index contributed by atoms with van der Waals surface area (Å²) in [7, 11) is 0.189. The number of para-hydroxylation sites is 1. The van der Waals surface area contributed by atoms with Gasteiger partial charge in [0.1, 0.15) is 5.69 Å². The predicted molar refractivity (Wildman–Crippen MR) is 124 cm³/mol. The average molecular weight is 427 g/mol. The van der Waals surface area contributed by atoms with Gasteiger partial charge in [-0.25, -0.2) is 4.98 Å². The van der Waals surface area contributed by atoms with E-state index >= 15 is 0 Å². The Morgan fingerprint density at radius 1 is 1.23 bits per heavy atom. The molecule has 0 spiro atoms. The summed E-state index contributed by atoms with van der Waals surface area (Å²) in [6.45, 7) is 11.8. The molecule has 30 heavy (non-hydrogen) atoms. The number of amides is 1. The third kappa shape index (κ3) is 4.68. The monoisotopic (exact) mass is 426 g/mol. The first-order valence-corrected chi connectivity index (χ1v) is 13.4. The van der Waals surface area contributed by atoms with E-state index in [1.807, 2.05) is 4.57 Å². The number of nitrogens with zero attached hydrogens (tertiary/aromatic N) is 3. The minimum absolute atomic E-state index is 0.0821. The van der Waals surface area contributed by atoms with Crippen LogP contribution in [0.3, 0.4) is 0 Å². The van der Waals surface area contributed by atoms with Gasteiger partial charge in [0, 0.05) is 30.3 Å². The maximum absolute atomic E-state index is 11.5. The van der Waals surface area contributed by atoms with E-state index < -0.39 is 14.2 Å². The van der Waals surface area contributed by atoms with E-state index in [-0.39, 0.29) is 16.8 Å². The second-order valence-electron chi connectivity index (χ2n) is 9.62. The highest BCUT2D eigenvalue weighted by molar-refractivity contribution is 6.74. The van der Waals surface area contributed by atoms with Gasteiger partial charge >= 0.3 is 0 Å². The van der Waals surface area contributed by atoms with Crippen LogP contribution in [0.5, 0.6) is 0 Å². The molecule has 0 aliphatic rings. The summed E-state index contributed by atoms with van der Waals surface area (Å²) >= 11 is 0. The van der Waals surface area contributed by atoms with Gasteiger partial charge in [0.05, 0.1) is 19.0 Å².